The third-order valence-electron chi connectivity index (χ3n) is 7.02. The van der Waals surface area contributed by atoms with E-state index in [2.05, 4.69) is 5.32 Å². The highest BCUT2D eigenvalue weighted by atomic mass is 32.2. The van der Waals surface area contributed by atoms with Crippen LogP contribution in [-0.4, -0.2) is 46.8 Å². The Morgan fingerprint density at radius 3 is 2.04 bits per heavy atom. The van der Waals surface area contributed by atoms with Crippen molar-refractivity contribution < 1.29 is 13.2 Å². The molecule has 0 aromatic heterocycles. The molecule has 0 atom stereocenters. The van der Waals surface area contributed by atoms with E-state index in [-0.39, 0.29) is 16.7 Å². The van der Waals surface area contributed by atoms with Gasteiger partial charge >= 0.3 is 0 Å². The molecule has 28 heavy (non-hydrogen) atoms. The van der Waals surface area contributed by atoms with Crippen LogP contribution in [0.2, 0.25) is 0 Å². The quantitative estimate of drug-likeness (QED) is 0.818. The van der Waals surface area contributed by atoms with Crippen LogP contribution in [0.4, 0.5) is 11.4 Å². The van der Waals surface area contributed by atoms with E-state index in [1.54, 1.807) is 18.2 Å². The van der Waals surface area contributed by atoms with Crippen LogP contribution in [0.3, 0.4) is 0 Å². The zero-order valence-electron chi connectivity index (χ0n) is 17.2. The number of amides is 1. The van der Waals surface area contributed by atoms with Crippen LogP contribution in [-0.2, 0) is 14.8 Å². The second-order valence-corrected chi connectivity index (χ2v) is 11.5. The highest BCUT2D eigenvalue weighted by molar-refractivity contribution is 7.89. The van der Waals surface area contributed by atoms with Crippen LogP contribution in [0, 0.1) is 29.6 Å². The van der Waals surface area contributed by atoms with Crippen molar-refractivity contribution in [1.82, 2.24) is 4.31 Å². The van der Waals surface area contributed by atoms with Gasteiger partial charge in [-0.05, 0) is 74.0 Å². The largest absolute Gasteiger partial charge is 0.376 e. The first kappa shape index (κ1) is 19.7. The van der Waals surface area contributed by atoms with Crippen molar-refractivity contribution >= 4 is 27.3 Å². The van der Waals surface area contributed by atoms with Gasteiger partial charge in [0.05, 0.1) is 16.3 Å². The molecule has 0 radical (unpaired) electrons. The number of nitrogens with one attached hydrogen (secondary N) is 1. The van der Waals surface area contributed by atoms with Gasteiger partial charge in [0.15, 0.2) is 0 Å². The Balaban J connectivity index is 1.62. The van der Waals surface area contributed by atoms with Crippen molar-refractivity contribution in [3.8, 4) is 0 Å². The average Bonchev–Trinajstić information content (AvgIpc) is 2.60. The second kappa shape index (κ2) is 7.02. The number of hydrogen-bond donors (Lipinski definition) is 1. The molecule has 1 aromatic rings. The Labute approximate surface area is 168 Å². The van der Waals surface area contributed by atoms with Gasteiger partial charge in [-0.15, -0.1) is 0 Å². The van der Waals surface area contributed by atoms with Gasteiger partial charge in [0.25, 0.3) is 0 Å². The van der Waals surface area contributed by atoms with Gasteiger partial charge in [-0.25, -0.2) is 12.7 Å². The third kappa shape index (κ3) is 3.32. The number of carbonyl (C=O) groups is 1. The van der Waals surface area contributed by atoms with E-state index in [1.165, 1.54) is 50.5 Å². The molecule has 6 nitrogen and oxygen atoms in total. The molecule has 0 aliphatic heterocycles. The number of sulfonamides is 1. The molecule has 1 amide bonds. The SMILES string of the molecule is CN(C)c1ccc(S(=O)(=O)N(C)C)cc1NC(=O)C1C2CC3CC(C2)CC1C3. The number of rotatable bonds is 5. The summed E-state index contributed by atoms with van der Waals surface area (Å²) in [6.07, 6.45) is 6.08. The monoisotopic (exact) mass is 405 g/mol. The summed E-state index contributed by atoms with van der Waals surface area (Å²) >= 11 is 0. The lowest BCUT2D eigenvalue weighted by Gasteiger charge is -2.53. The molecule has 4 fully saturated rings. The van der Waals surface area contributed by atoms with E-state index in [9.17, 15) is 13.2 Å². The number of carbonyl (C=O) groups excluding carboxylic acids is 1. The molecule has 0 spiro atoms. The number of nitrogens with zero attached hydrogens (tertiary/aromatic N) is 2. The minimum atomic E-state index is -3.56. The van der Waals surface area contributed by atoms with E-state index in [0.717, 1.165) is 17.5 Å². The first-order chi connectivity index (χ1) is 13.2. The van der Waals surface area contributed by atoms with Gasteiger partial charge < -0.3 is 10.2 Å². The molecule has 0 saturated heterocycles. The van der Waals surface area contributed by atoms with Crippen molar-refractivity contribution in [1.29, 1.82) is 0 Å². The number of benzene rings is 1. The highest BCUT2D eigenvalue weighted by Crippen LogP contribution is 2.56. The summed E-state index contributed by atoms with van der Waals surface area (Å²) in [4.78, 5) is 15.4. The third-order valence-corrected chi connectivity index (χ3v) is 8.83. The Morgan fingerprint density at radius 1 is 0.964 bits per heavy atom. The summed E-state index contributed by atoms with van der Waals surface area (Å²) in [6, 6.07) is 4.96. The van der Waals surface area contributed by atoms with Gasteiger partial charge in [-0.3, -0.25) is 4.79 Å². The molecule has 1 N–H and O–H groups in total. The highest BCUT2D eigenvalue weighted by Gasteiger charge is 2.50. The van der Waals surface area contributed by atoms with Gasteiger partial charge in [0, 0.05) is 34.1 Å². The van der Waals surface area contributed by atoms with E-state index in [0.29, 0.717) is 17.5 Å². The maximum absolute atomic E-state index is 13.3. The molecule has 0 unspecified atom stereocenters. The van der Waals surface area contributed by atoms with Crippen molar-refractivity contribution in [2.45, 2.75) is 37.0 Å². The summed E-state index contributed by atoms with van der Waals surface area (Å²) in [6.45, 7) is 0. The Hall–Kier alpha value is -1.60. The lowest BCUT2D eigenvalue weighted by Crippen LogP contribution is -2.49. The summed E-state index contributed by atoms with van der Waals surface area (Å²) in [5.41, 5.74) is 1.39. The molecule has 4 bridgehead atoms. The van der Waals surface area contributed by atoms with Crippen LogP contribution in [0.5, 0.6) is 0 Å². The molecule has 7 heteroatoms. The van der Waals surface area contributed by atoms with Crippen molar-refractivity contribution in [3.63, 3.8) is 0 Å². The lowest BCUT2D eigenvalue weighted by molar-refractivity contribution is -0.132. The molecule has 4 aliphatic carbocycles. The van der Waals surface area contributed by atoms with E-state index in [1.807, 2.05) is 19.0 Å². The van der Waals surface area contributed by atoms with E-state index in [4.69, 9.17) is 0 Å². The second-order valence-electron chi connectivity index (χ2n) is 9.31. The molecule has 0 heterocycles. The molecule has 1 aromatic carbocycles. The van der Waals surface area contributed by atoms with Crippen LogP contribution in [0.15, 0.2) is 23.1 Å². The first-order valence-electron chi connectivity index (χ1n) is 10.2. The molecule has 154 valence electrons. The first-order valence-corrected chi connectivity index (χ1v) is 11.7. The fourth-order valence-corrected chi connectivity index (χ4v) is 6.87. The van der Waals surface area contributed by atoms with Crippen LogP contribution in [0.25, 0.3) is 0 Å². The fourth-order valence-electron chi connectivity index (χ4n) is 5.95. The van der Waals surface area contributed by atoms with Crippen LogP contribution >= 0.6 is 0 Å². The van der Waals surface area contributed by atoms with Gasteiger partial charge in [-0.1, -0.05) is 0 Å². The predicted octanol–water partition coefficient (Wildman–Crippen LogP) is 3.01. The normalized spacial score (nSPS) is 31.2. The summed E-state index contributed by atoms with van der Waals surface area (Å²) < 4.78 is 26.3. The van der Waals surface area contributed by atoms with Crippen LogP contribution < -0.4 is 10.2 Å². The number of anilines is 2. The van der Waals surface area contributed by atoms with E-state index >= 15 is 0 Å². The lowest BCUT2D eigenvalue weighted by atomic mass is 9.51. The Kier molecular flexibility index (Phi) is 4.94. The summed E-state index contributed by atoms with van der Waals surface area (Å²) in [5.74, 6) is 2.75. The summed E-state index contributed by atoms with van der Waals surface area (Å²) in [7, 11) is 3.27. The van der Waals surface area contributed by atoms with E-state index < -0.39 is 10.0 Å². The fraction of sp³-hybridized carbons (Fsp3) is 0.667. The smallest absolute Gasteiger partial charge is 0.242 e. The van der Waals surface area contributed by atoms with Gasteiger partial charge in [0.2, 0.25) is 15.9 Å². The number of hydrogen-bond acceptors (Lipinski definition) is 4. The maximum Gasteiger partial charge on any atom is 0.242 e. The minimum Gasteiger partial charge on any atom is -0.376 e. The molecule has 4 aliphatic rings. The van der Waals surface area contributed by atoms with Gasteiger partial charge in [-0.2, -0.15) is 0 Å². The summed E-state index contributed by atoms with van der Waals surface area (Å²) in [5, 5.41) is 3.11. The average molecular weight is 406 g/mol. The molecular formula is C21H31N3O3S. The van der Waals surface area contributed by atoms with Gasteiger partial charge in [0.1, 0.15) is 0 Å². The predicted molar refractivity (Wildman–Crippen MR) is 111 cm³/mol. The minimum absolute atomic E-state index is 0.0660. The zero-order chi connectivity index (χ0) is 20.2. The molecular weight excluding hydrogens is 374 g/mol. The standard InChI is InChI=1S/C21H31N3O3S/c1-23(2)19-6-5-17(28(26,27)24(3)4)12-18(19)22-21(25)20-15-8-13-7-14(10-15)11-16(20)9-13/h5-6,12-16,20H,7-11H2,1-4H3,(H,22,25). The Morgan fingerprint density at radius 2 is 1.54 bits per heavy atom. The molecule has 4 saturated carbocycles. The van der Waals surface area contributed by atoms with Crippen molar-refractivity contribution in [3.05, 3.63) is 18.2 Å². The maximum atomic E-state index is 13.3. The zero-order valence-corrected chi connectivity index (χ0v) is 18.0. The van der Waals surface area contributed by atoms with Crippen molar-refractivity contribution in [2.24, 2.45) is 29.6 Å². The Bertz CT molecular complexity index is 851. The van der Waals surface area contributed by atoms with Crippen LogP contribution in [0.1, 0.15) is 32.1 Å². The van der Waals surface area contributed by atoms with Crippen molar-refractivity contribution in [2.75, 3.05) is 38.4 Å². The molecule has 5 rings (SSSR count). The topological polar surface area (TPSA) is 69.7 Å².